The van der Waals surface area contributed by atoms with E-state index in [1.807, 2.05) is 55.1 Å². The fraction of sp³-hybridized carbons (Fsp3) is 0.510. The third kappa shape index (κ3) is 14.3. The summed E-state index contributed by atoms with van der Waals surface area (Å²) in [4.78, 5) is 67.6. The van der Waals surface area contributed by atoms with E-state index in [1.54, 1.807) is 12.4 Å². The number of fused-ring (bicyclic) bond motifs is 2. The lowest BCUT2D eigenvalue weighted by atomic mass is 10.0. The predicted octanol–water partition coefficient (Wildman–Crippen LogP) is 9.10. The van der Waals surface area contributed by atoms with E-state index in [9.17, 15) is 19.2 Å². The molecular weight excluding hydrogens is 860 g/mol. The van der Waals surface area contributed by atoms with Crippen LogP contribution >= 0.6 is 11.6 Å². The van der Waals surface area contributed by atoms with Crippen molar-refractivity contribution in [1.82, 2.24) is 24.8 Å². The number of ether oxygens (including phenoxy) is 2. The summed E-state index contributed by atoms with van der Waals surface area (Å²) < 4.78 is 9.54. The molecule has 0 radical (unpaired) electrons. The molecule has 2 aromatic carbocycles. The lowest BCUT2D eigenvalue weighted by Gasteiger charge is -2.28. The molecule has 2 fully saturated rings. The molecule has 356 valence electrons. The summed E-state index contributed by atoms with van der Waals surface area (Å²) in [6, 6.07) is 12.6. The number of carbonyl (C=O) groups is 4. The lowest BCUT2D eigenvalue weighted by Crippen LogP contribution is -2.37. The SMILES string of the molecule is CCN(C(C)C)C(C)C.COC(=O)C1CCCC1.COC(=O)[C@@H]1CCCN1c1nc(Nc2ccc3c(c2)CCC(=O)N3)ncc1C.Cc1cnc(Nc2ccc3c(c2)CCC(=O)N3)nc1Cl. The Morgan fingerprint density at radius 1 is 0.758 bits per heavy atom. The number of nitrogens with zero attached hydrogens (tertiary/aromatic N) is 6. The minimum Gasteiger partial charge on any atom is -0.469 e. The molecule has 0 spiro atoms. The Morgan fingerprint density at radius 2 is 1.27 bits per heavy atom. The van der Waals surface area contributed by atoms with E-state index in [-0.39, 0.29) is 35.7 Å². The number of rotatable bonds is 10. The Labute approximate surface area is 394 Å². The number of aryl methyl sites for hydroxylation is 4. The highest BCUT2D eigenvalue weighted by atomic mass is 35.5. The van der Waals surface area contributed by atoms with E-state index in [0.29, 0.717) is 48.4 Å². The minimum atomic E-state index is -0.307. The molecular formula is C49H67ClN10O6. The topological polar surface area (TPSA) is 193 Å². The van der Waals surface area contributed by atoms with E-state index < -0.39 is 0 Å². The maximum absolute atomic E-state index is 12.1. The van der Waals surface area contributed by atoms with Gasteiger partial charge >= 0.3 is 11.9 Å². The molecule has 17 heteroatoms. The first-order valence-corrected chi connectivity index (χ1v) is 23.4. The van der Waals surface area contributed by atoms with Crippen LogP contribution in [0, 0.1) is 19.8 Å². The first-order valence-electron chi connectivity index (χ1n) is 23.0. The van der Waals surface area contributed by atoms with Crippen LogP contribution in [-0.2, 0) is 41.5 Å². The maximum Gasteiger partial charge on any atom is 0.328 e. The zero-order chi connectivity index (χ0) is 47.9. The first-order chi connectivity index (χ1) is 31.6. The van der Waals surface area contributed by atoms with Crippen molar-refractivity contribution in [3.63, 3.8) is 0 Å². The van der Waals surface area contributed by atoms with Crippen molar-refractivity contribution in [2.75, 3.05) is 53.5 Å². The van der Waals surface area contributed by atoms with E-state index >= 15 is 0 Å². The fourth-order valence-electron chi connectivity index (χ4n) is 8.50. The molecule has 16 nitrogen and oxygen atoms in total. The summed E-state index contributed by atoms with van der Waals surface area (Å²) in [6.45, 7) is 16.9. The van der Waals surface area contributed by atoms with Crippen LogP contribution in [0.5, 0.6) is 0 Å². The summed E-state index contributed by atoms with van der Waals surface area (Å²) in [5.74, 6) is 1.74. The van der Waals surface area contributed by atoms with Crippen molar-refractivity contribution in [3.05, 3.63) is 76.2 Å². The molecule has 4 N–H and O–H groups in total. The third-order valence-electron chi connectivity index (χ3n) is 11.9. The number of halogens is 1. The number of nitrogens with one attached hydrogen (secondary N) is 4. The van der Waals surface area contributed by atoms with Gasteiger partial charge in [0.15, 0.2) is 0 Å². The van der Waals surface area contributed by atoms with Gasteiger partial charge in [-0.05, 0) is 134 Å². The highest BCUT2D eigenvalue weighted by molar-refractivity contribution is 6.30. The van der Waals surface area contributed by atoms with Crippen LogP contribution in [0.25, 0.3) is 0 Å². The Balaban J connectivity index is 0.000000186. The van der Waals surface area contributed by atoms with Gasteiger partial charge in [0.05, 0.1) is 20.1 Å². The van der Waals surface area contributed by atoms with E-state index in [4.69, 9.17) is 16.3 Å². The van der Waals surface area contributed by atoms with E-state index in [2.05, 4.69) is 85.5 Å². The summed E-state index contributed by atoms with van der Waals surface area (Å²) in [5, 5.41) is 12.5. The van der Waals surface area contributed by atoms with Gasteiger partial charge in [-0.3, -0.25) is 19.3 Å². The normalized spacial score (nSPS) is 16.3. The molecule has 3 aliphatic heterocycles. The van der Waals surface area contributed by atoms with Crippen molar-refractivity contribution in [3.8, 4) is 0 Å². The van der Waals surface area contributed by atoms with Gasteiger partial charge in [0.2, 0.25) is 23.7 Å². The molecule has 2 amide bonds. The summed E-state index contributed by atoms with van der Waals surface area (Å²) in [5.41, 5.74) is 7.39. The van der Waals surface area contributed by atoms with Crippen molar-refractivity contribution in [1.29, 1.82) is 0 Å². The summed E-state index contributed by atoms with van der Waals surface area (Å²) in [6.07, 6.45) is 12.0. The Kier molecular flexibility index (Phi) is 19.1. The quantitative estimate of drug-likeness (QED) is 0.0869. The molecule has 4 aliphatic rings. The van der Waals surface area contributed by atoms with E-state index in [0.717, 1.165) is 96.0 Å². The highest BCUT2D eigenvalue weighted by Crippen LogP contribution is 2.31. The standard InChI is InChI=1S/C20H23N5O3.C14H13ClN4O.C8H19N.C7H12O2/c1-12-11-21-20(24-18(12)25-9-3-4-16(25)19(27)28-2)22-14-6-7-15-13(10-14)5-8-17(26)23-15;1-8-7-16-14(19-13(8)15)17-10-3-4-11-9(6-10)2-5-12(20)18-11;1-6-9(7(2)3)8(4)5;1-9-7(8)6-4-2-3-5-6/h6-7,10-11,16H,3-5,8-9H2,1-2H3,(H,23,26)(H,21,22,24);3-4,6-7H,2,5H2,1H3,(H,18,20)(H,16,17,19);7-8H,6H2,1-5H3;6H,2-5H2,1H3/t16-;;;/m0.../s1. The van der Waals surface area contributed by atoms with Gasteiger partial charge in [0.1, 0.15) is 17.0 Å². The average Bonchev–Trinajstić information content (AvgIpc) is 4.03. The molecule has 66 heavy (non-hydrogen) atoms. The molecule has 1 saturated heterocycles. The van der Waals surface area contributed by atoms with Crippen LogP contribution in [0.1, 0.15) is 108 Å². The molecule has 4 aromatic rings. The molecule has 8 rings (SSSR count). The second-order valence-corrected chi connectivity index (χ2v) is 17.7. The van der Waals surface area contributed by atoms with Crippen LogP contribution in [0.15, 0.2) is 48.8 Å². The largest absolute Gasteiger partial charge is 0.469 e. The molecule has 1 aliphatic carbocycles. The van der Waals surface area contributed by atoms with Crippen molar-refractivity contribution in [2.24, 2.45) is 5.92 Å². The van der Waals surface area contributed by atoms with Crippen LogP contribution in [0.4, 0.5) is 40.5 Å². The number of hydrogen-bond donors (Lipinski definition) is 4. The monoisotopic (exact) mass is 926 g/mol. The number of methoxy groups -OCH3 is 2. The number of aromatic nitrogens is 4. The van der Waals surface area contributed by atoms with Gasteiger partial charge in [0.25, 0.3) is 0 Å². The van der Waals surface area contributed by atoms with Gasteiger partial charge in [-0.25, -0.2) is 19.7 Å². The van der Waals surface area contributed by atoms with Crippen LogP contribution in [-0.4, -0.2) is 94.0 Å². The fourth-order valence-corrected chi connectivity index (χ4v) is 8.63. The Bertz CT molecular complexity index is 2300. The maximum atomic E-state index is 12.1. The minimum absolute atomic E-state index is 0.0208. The number of hydrogen-bond acceptors (Lipinski definition) is 14. The average molecular weight is 928 g/mol. The van der Waals surface area contributed by atoms with Crippen LogP contribution in [0.3, 0.4) is 0 Å². The second kappa shape index (κ2) is 24.6. The molecule has 1 saturated carbocycles. The number of benzene rings is 2. The predicted molar refractivity (Wildman–Crippen MR) is 261 cm³/mol. The Morgan fingerprint density at radius 3 is 1.74 bits per heavy atom. The van der Waals surface area contributed by atoms with Gasteiger partial charge < -0.3 is 35.6 Å². The molecule has 1 atom stereocenters. The van der Waals surface area contributed by atoms with Gasteiger partial charge in [-0.2, -0.15) is 4.98 Å². The number of carbonyl (C=O) groups excluding carboxylic acids is 4. The second-order valence-electron chi connectivity index (χ2n) is 17.4. The van der Waals surface area contributed by atoms with Gasteiger partial charge in [0, 0.05) is 77.7 Å². The van der Waals surface area contributed by atoms with Gasteiger partial charge in [-0.1, -0.05) is 31.4 Å². The molecule has 5 heterocycles. The summed E-state index contributed by atoms with van der Waals surface area (Å²) >= 11 is 5.97. The van der Waals surface area contributed by atoms with Crippen LogP contribution in [0.2, 0.25) is 5.15 Å². The lowest BCUT2D eigenvalue weighted by molar-refractivity contribution is -0.145. The zero-order valence-electron chi connectivity index (χ0n) is 39.9. The van der Waals surface area contributed by atoms with Crippen molar-refractivity contribution < 1.29 is 28.7 Å². The number of amides is 2. The third-order valence-corrected chi connectivity index (χ3v) is 12.3. The van der Waals surface area contributed by atoms with E-state index in [1.165, 1.54) is 27.1 Å². The van der Waals surface area contributed by atoms with Crippen molar-refractivity contribution in [2.45, 2.75) is 131 Å². The molecule has 0 unspecified atom stereocenters. The van der Waals surface area contributed by atoms with Crippen molar-refractivity contribution >= 4 is 75.8 Å². The number of anilines is 7. The zero-order valence-corrected chi connectivity index (χ0v) is 40.7. The molecule has 2 aromatic heterocycles. The smallest absolute Gasteiger partial charge is 0.328 e. The number of esters is 2. The summed E-state index contributed by atoms with van der Waals surface area (Å²) in [7, 11) is 2.87. The van der Waals surface area contributed by atoms with Gasteiger partial charge in [-0.15, -0.1) is 0 Å². The highest BCUT2D eigenvalue weighted by Gasteiger charge is 2.33. The molecule has 0 bridgehead atoms. The first kappa shape index (κ1) is 51.1. The van der Waals surface area contributed by atoms with Crippen LogP contribution < -0.4 is 26.2 Å². The Hall–Kier alpha value is -5.87.